The summed E-state index contributed by atoms with van der Waals surface area (Å²) < 4.78 is 39.6. The minimum absolute atomic E-state index is 0. The van der Waals surface area contributed by atoms with E-state index in [0.29, 0.717) is 89.9 Å². The van der Waals surface area contributed by atoms with Crippen molar-refractivity contribution in [2.24, 2.45) is 21.0 Å². The Morgan fingerprint density at radius 3 is 1.10 bits per heavy atom. The monoisotopic (exact) mass is 1440 g/mol. The molecule has 2 aromatic carbocycles. The van der Waals surface area contributed by atoms with Crippen molar-refractivity contribution in [3.8, 4) is 0 Å². The summed E-state index contributed by atoms with van der Waals surface area (Å²) in [5.41, 5.74) is 19.5. The molecule has 560 valence electrons. The number of pyridine rings is 3. The summed E-state index contributed by atoms with van der Waals surface area (Å²) in [6.45, 7) is 19.0. The van der Waals surface area contributed by atoms with Crippen molar-refractivity contribution in [1.82, 2.24) is 36.2 Å². The number of benzene rings is 2. The zero-order valence-corrected chi connectivity index (χ0v) is 61.6. The molecule has 2 atom stereocenters. The number of ketones is 1. The highest BCUT2D eigenvalue weighted by Gasteiger charge is 2.11. The van der Waals surface area contributed by atoms with Crippen LogP contribution < -0.4 is 53.1 Å². The van der Waals surface area contributed by atoms with Crippen LogP contribution >= 0.6 is 15.6 Å². The molecule has 0 spiro atoms. The third-order valence-corrected chi connectivity index (χ3v) is 15.4. The van der Waals surface area contributed by atoms with Crippen LogP contribution in [0.1, 0.15) is 240 Å². The van der Waals surface area contributed by atoms with Gasteiger partial charge in [0.15, 0.2) is 5.78 Å². The maximum atomic E-state index is 12.3. The fourth-order valence-electron chi connectivity index (χ4n) is 7.78. The van der Waals surface area contributed by atoms with Crippen LogP contribution in [0.25, 0.3) is 0 Å². The Morgan fingerprint density at radius 2 is 0.782 bits per heavy atom. The van der Waals surface area contributed by atoms with E-state index in [9.17, 15) is 47.7 Å². The number of phosphoric ester groups is 2. The fraction of sp³-hybridized carbons (Fsp3) is 0.493. The zero-order chi connectivity index (χ0) is 74.2. The number of unbranched alkanes of at least 4 members (excludes halogenated alkanes) is 12. The molecule has 5 rings (SSSR count). The molecule has 9 N–H and O–H groups in total. The van der Waals surface area contributed by atoms with Gasteiger partial charge in [0.25, 0.3) is 39.3 Å². The average molecular weight is 1450 g/mol. The molecule has 2 unspecified atom stereocenters. The van der Waals surface area contributed by atoms with Crippen LogP contribution in [-0.2, 0) is 27.2 Å². The van der Waals surface area contributed by atoms with Crippen LogP contribution in [0.2, 0.25) is 0 Å². The third kappa shape index (κ3) is 47.4. The number of aromatic nitrogens is 3. The molecule has 5 aromatic rings. The van der Waals surface area contributed by atoms with Gasteiger partial charge in [0.2, 0.25) is 0 Å². The number of amides is 4. The first kappa shape index (κ1) is 92.7. The van der Waals surface area contributed by atoms with E-state index >= 15 is 0 Å². The maximum Gasteiger partial charge on any atom is 0.267 e. The van der Waals surface area contributed by atoms with Gasteiger partial charge in [-0.3, -0.25) is 54.2 Å². The van der Waals surface area contributed by atoms with E-state index in [4.69, 9.17) is 5.73 Å². The second-order valence-corrected chi connectivity index (χ2v) is 25.6. The number of phosphoric acid groups is 2. The van der Waals surface area contributed by atoms with Crippen LogP contribution in [0.3, 0.4) is 0 Å². The van der Waals surface area contributed by atoms with E-state index in [1.165, 1.54) is 38.6 Å². The molecule has 0 bridgehead atoms. The van der Waals surface area contributed by atoms with Crippen LogP contribution in [0.5, 0.6) is 0 Å². The Bertz CT molecular complexity index is 3280. The van der Waals surface area contributed by atoms with Crippen molar-refractivity contribution in [2.75, 3.05) is 76.4 Å². The van der Waals surface area contributed by atoms with Gasteiger partial charge >= 0.3 is 0 Å². The molecule has 0 aliphatic rings. The number of hydrazone groups is 3. The first-order chi connectivity index (χ1) is 48.0. The molecular formula is C71H110N14O14P2-2. The van der Waals surface area contributed by atoms with Gasteiger partial charge in [0.05, 0.1) is 30.6 Å². The molecule has 0 saturated carbocycles. The highest BCUT2D eigenvalue weighted by atomic mass is 31.2. The van der Waals surface area contributed by atoms with Crippen molar-refractivity contribution in [1.29, 1.82) is 0 Å². The van der Waals surface area contributed by atoms with E-state index in [0.717, 1.165) is 121 Å². The normalized spacial score (nSPS) is 11.5. The number of carbonyl (C=O) groups is 6. The number of rotatable bonds is 42. The second-order valence-electron chi connectivity index (χ2n) is 22.6. The molecule has 0 saturated heterocycles. The van der Waals surface area contributed by atoms with Gasteiger partial charge in [-0.25, -0.2) is 15.0 Å². The number of Topliss-reactive ketones (excluding diaryl/α,β-unsaturated/α-hetero) is 1. The molecule has 30 heteroatoms. The molecule has 0 aliphatic heterocycles. The smallest absolute Gasteiger partial charge is 0.267 e. The molecule has 0 aliphatic carbocycles. The number of nitrogens with one attached hydrogen (secondary N) is 7. The van der Waals surface area contributed by atoms with Crippen molar-refractivity contribution in [3.63, 3.8) is 0 Å². The Hall–Kier alpha value is -8.30. The quantitative estimate of drug-likeness (QED) is 0.00449. The number of hydrogen-bond donors (Lipinski definition) is 8. The molecule has 0 fully saturated rings. The molecule has 28 nitrogen and oxygen atoms in total. The van der Waals surface area contributed by atoms with Gasteiger partial charge in [-0.05, 0) is 152 Å². The predicted molar refractivity (Wildman–Crippen MR) is 399 cm³/mol. The zero-order valence-electron chi connectivity index (χ0n) is 59.8. The van der Waals surface area contributed by atoms with Crippen molar-refractivity contribution < 1.29 is 65.8 Å². The standard InChI is InChI=1S/C26H38N5O6P.C15H22NO6P.C14H22N4O.C10H13N3O.C5H13N.CH4/c1-3-4-7-16-28-26(33)23-14-15-24(29-20-23)31-30-19-21-10-12-22(13-11-21)25(32)27-17-8-5-6-9-18-37-38(34,35)36-2;1-21-23(19,20)22-11-5-3-2-4-10-16-15(18)14-8-6-13(12-17)7-9-14;1-4-5-6-9-15-14(19)12-7-8-13(16-10-12)18-17-11(2)3;1-7(2)12-13-10-5-4-9(6-11-10)8(3)14;1-2-3-4-5-6;/h10-15,19-20H,3-9,16-18H2,1-2H3,(H,27,32)(H,28,33)(H,29,31)(H,34,35);6-9,12H,2-5,10-11H2,1H3,(H,16,18)(H,19,20);7-8,10H,4-6,9H2,1-3H3,(H,15,19)(H,16,18);4-6H,1-3H3,(H,11,13);2-6H2,1H3;1H4/p-2/b30-19+;;;;;. The van der Waals surface area contributed by atoms with Gasteiger partial charge in [0.1, 0.15) is 23.7 Å². The first-order valence-corrected chi connectivity index (χ1v) is 36.6. The van der Waals surface area contributed by atoms with E-state index in [-0.39, 0.29) is 50.1 Å². The molecule has 101 heavy (non-hydrogen) atoms. The van der Waals surface area contributed by atoms with E-state index in [1.54, 1.807) is 97.3 Å². The fourth-order valence-corrected chi connectivity index (χ4v) is 8.70. The third-order valence-electron chi connectivity index (χ3n) is 13.5. The second kappa shape index (κ2) is 57.3. The molecule has 3 aromatic heterocycles. The minimum atomic E-state index is -4.15. The molecule has 4 amide bonds. The lowest BCUT2D eigenvalue weighted by atomic mass is 10.1. The largest absolute Gasteiger partial charge is 0.756 e. The first-order valence-electron chi connectivity index (χ1n) is 33.7. The summed E-state index contributed by atoms with van der Waals surface area (Å²) in [5, 5.41) is 23.6. The minimum Gasteiger partial charge on any atom is -0.756 e. The summed E-state index contributed by atoms with van der Waals surface area (Å²) in [4.78, 5) is 104. The Kier molecular flexibility index (Phi) is 52.6. The predicted octanol–water partition coefficient (Wildman–Crippen LogP) is 12.5. The number of anilines is 3. The lowest BCUT2D eigenvalue weighted by Gasteiger charge is -2.19. The van der Waals surface area contributed by atoms with Gasteiger partial charge in [0, 0.05) is 92.7 Å². The van der Waals surface area contributed by atoms with Gasteiger partial charge in [-0.1, -0.05) is 117 Å². The highest BCUT2D eigenvalue weighted by Crippen LogP contribution is 2.37. The Balaban J connectivity index is 0.00000136. The summed E-state index contributed by atoms with van der Waals surface area (Å²) >= 11 is 0. The number of carbonyl (C=O) groups excluding carboxylic acids is 6. The summed E-state index contributed by atoms with van der Waals surface area (Å²) in [6.07, 6.45) is 23.2. The Morgan fingerprint density at radius 1 is 0.455 bits per heavy atom. The van der Waals surface area contributed by atoms with Crippen LogP contribution in [0.4, 0.5) is 17.5 Å². The summed E-state index contributed by atoms with van der Waals surface area (Å²) in [6, 6.07) is 23.7. The van der Waals surface area contributed by atoms with Crippen molar-refractivity contribution >= 4 is 86.4 Å². The SMILES string of the molecule is C.CC(=O)c1ccc(NN=C(C)C)nc1.CCCCCN.CCCCCNC(=O)c1ccc(N/N=C/c2ccc(C(=O)NCCCCCCOP(=O)([O-])OC)cc2)nc1.CCCCCNC(=O)c1ccc(NN=C(C)C)nc1.COP(=O)([O-])OCCCCCCNC(=O)c1ccc(C=O)cc1. The van der Waals surface area contributed by atoms with Gasteiger partial charge in [-0.2, -0.15) is 15.3 Å². The molecule has 0 radical (unpaired) electrons. The van der Waals surface area contributed by atoms with Crippen molar-refractivity contribution in [2.45, 2.75) is 172 Å². The van der Waals surface area contributed by atoms with Crippen LogP contribution in [-0.4, -0.2) is 128 Å². The average Bonchev–Trinajstić information content (AvgIpc) is 0.956. The summed E-state index contributed by atoms with van der Waals surface area (Å²) in [5.74, 6) is 1.22. The highest BCUT2D eigenvalue weighted by molar-refractivity contribution is 7.46. The lowest BCUT2D eigenvalue weighted by Crippen LogP contribution is -2.24. The number of hydrogen-bond acceptors (Lipinski definition) is 24. The lowest BCUT2D eigenvalue weighted by molar-refractivity contribution is -0.224. The van der Waals surface area contributed by atoms with Gasteiger partial charge in [-0.15, -0.1) is 0 Å². The van der Waals surface area contributed by atoms with Crippen LogP contribution in [0.15, 0.2) is 119 Å². The molecular weight excluding hydrogens is 1330 g/mol. The van der Waals surface area contributed by atoms with E-state index < -0.39 is 15.6 Å². The topological polar surface area (TPSA) is 406 Å². The van der Waals surface area contributed by atoms with Crippen LogP contribution in [0, 0.1) is 0 Å². The van der Waals surface area contributed by atoms with E-state index in [2.05, 4.69) is 107 Å². The summed E-state index contributed by atoms with van der Waals surface area (Å²) in [7, 11) is -6.14. The molecule has 3 heterocycles. The van der Waals surface area contributed by atoms with E-state index in [1.807, 2.05) is 27.7 Å². The Labute approximate surface area is 597 Å². The number of nitrogens with two attached hydrogens (primary N) is 1. The van der Waals surface area contributed by atoms with Crippen molar-refractivity contribution in [3.05, 3.63) is 142 Å². The number of nitrogens with zero attached hydrogens (tertiary/aromatic N) is 6. The van der Waals surface area contributed by atoms with Gasteiger partial charge < -0.3 is 54.9 Å². The number of aldehydes is 1. The maximum absolute atomic E-state index is 12.3.